The highest BCUT2D eigenvalue weighted by Gasteiger charge is 2.17. The molecule has 0 atom stereocenters. The van der Waals surface area contributed by atoms with Crippen LogP contribution in [0.5, 0.6) is 0 Å². The maximum Gasteiger partial charge on any atom is 0.330 e. The molecule has 4 rings (SSSR count). The van der Waals surface area contributed by atoms with Crippen molar-refractivity contribution in [1.29, 1.82) is 0 Å². The first kappa shape index (κ1) is 19.2. The topological polar surface area (TPSA) is 130 Å². The van der Waals surface area contributed by atoms with E-state index in [1.165, 1.54) is 4.57 Å². The van der Waals surface area contributed by atoms with Crippen molar-refractivity contribution >= 4 is 22.4 Å². The molecule has 2 aromatic heterocycles. The summed E-state index contributed by atoms with van der Waals surface area (Å²) in [5, 5.41) is 0.484. The molecule has 0 aliphatic carbocycles. The van der Waals surface area contributed by atoms with Crippen LogP contribution < -0.4 is 27.4 Å². The number of hydrogen-bond acceptors (Lipinski definition) is 6. The lowest BCUT2D eigenvalue weighted by Gasteiger charge is -2.21. The minimum Gasteiger partial charge on any atom is -0.383 e. The Balaban J connectivity index is 1.71. The molecular formula is C21H20N6O3. The van der Waals surface area contributed by atoms with Crippen LogP contribution in [0.3, 0.4) is 0 Å². The fraction of sp³-hybridized carbons (Fsp3) is 0.143. The molecule has 0 aliphatic rings. The van der Waals surface area contributed by atoms with Gasteiger partial charge in [0.2, 0.25) is 0 Å². The summed E-state index contributed by atoms with van der Waals surface area (Å²) in [6, 6.07) is 16.3. The summed E-state index contributed by atoms with van der Waals surface area (Å²) in [6.07, 6.45) is 0. The number of nitrogens with two attached hydrogens (primary N) is 1. The predicted octanol–water partition coefficient (Wildman–Crippen LogP) is 1.04. The predicted molar refractivity (Wildman–Crippen MR) is 116 cm³/mol. The largest absolute Gasteiger partial charge is 0.383 e. The number of nitrogens with one attached hydrogen (secondary N) is 2. The van der Waals surface area contributed by atoms with Crippen molar-refractivity contribution in [3.05, 3.63) is 97.2 Å². The number of H-pyrrole nitrogens is 2. The molecule has 2 aromatic carbocycles. The zero-order valence-corrected chi connectivity index (χ0v) is 16.3. The van der Waals surface area contributed by atoms with E-state index in [9.17, 15) is 14.4 Å². The molecule has 9 nitrogen and oxygen atoms in total. The second-order valence-electron chi connectivity index (χ2n) is 6.95. The third kappa shape index (κ3) is 3.60. The Hall–Kier alpha value is -4.14. The maximum absolute atomic E-state index is 12.5. The average Bonchev–Trinajstić information content (AvgIpc) is 2.72. The molecule has 0 unspecified atom stereocenters. The van der Waals surface area contributed by atoms with Crippen LogP contribution in [-0.2, 0) is 13.1 Å². The Morgan fingerprint density at radius 2 is 1.67 bits per heavy atom. The Morgan fingerprint density at radius 3 is 2.43 bits per heavy atom. The molecule has 0 fully saturated rings. The van der Waals surface area contributed by atoms with Crippen LogP contribution in [0.15, 0.2) is 69.0 Å². The van der Waals surface area contributed by atoms with Crippen LogP contribution in [0, 0.1) is 0 Å². The molecular weight excluding hydrogens is 384 g/mol. The Bertz CT molecular complexity index is 1390. The summed E-state index contributed by atoms with van der Waals surface area (Å²) in [5.74, 6) is 0.416. The molecule has 0 bridgehead atoms. The number of hydrogen-bond donors (Lipinski definition) is 3. The Labute approximate surface area is 170 Å². The highest BCUT2D eigenvalue weighted by atomic mass is 16.2. The van der Waals surface area contributed by atoms with Gasteiger partial charge >= 0.3 is 5.69 Å². The molecule has 9 heteroatoms. The first-order chi connectivity index (χ1) is 14.4. The Morgan fingerprint density at radius 1 is 0.967 bits per heavy atom. The van der Waals surface area contributed by atoms with Gasteiger partial charge in [-0.1, -0.05) is 42.5 Å². The quantitative estimate of drug-likeness (QED) is 0.456. The standard InChI is InChI=1S/C21H20N6O3/c1-26(12-16-23-15-10-6-5-9-14(15)19(28)24-16)17-18(22)27(21(30)25-20(17)29)11-13-7-3-2-4-8-13/h2-10H,11-12,22H2,1H3,(H,23,24,28)(H,25,29,30). The van der Waals surface area contributed by atoms with Gasteiger partial charge in [-0.05, 0) is 17.7 Å². The lowest BCUT2D eigenvalue weighted by Crippen LogP contribution is -2.37. The summed E-state index contributed by atoms with van der Waals surface area (Å²) in [6.45, 7) is 0.338. The van der Waals surface area contributed by atoms with E-state index in [1.807, 2.05) is 30.3 Å². The van der Waals surface area contributed by atoms with Crippen LogP contribution in [0.25, 0.3) is 10.9 Å². The molecule has 0 radical (unpaired) electrons. The number of anilines is 2. The summed E-state index contributed by atoms with van der Waals surface area (Å²) >= 11 is 0. The van der Waals surface area contributed by atoms with Gasteiger partial charge in [0.25, 0.3) is 11.1 Å². The number of aromatic nitrogens is 4. The molecule has 0 spiro atoms. The van der Waals surface area contributed by atoms with Gasteiger partial charge in [0.05, 0.1) is 24.0 Å². The van der Waals surface area contributed by atoms with Crippen molar-refractivity contribution in [2.24, 2.45) is 0 Å². The van der Waals surface area contributed by atoms with Gasteiger partial charge in [-0.15, -0.1) is 0 Å². The van der Waals surface area contributed by atoms with E-state index < -0.39 is 11.2 Å². The second-order valence-corrected chi connectivity index (χ2v) is 6.95. The van der Waals surface area contributed by atoms with Gasteiger partial charge in [0.15, 0.2) is 0 Å². The van der Waals surface area contributed by atoms with Gasteiger partial charge in [0, 0.05) is 7.05 Å². The molecule has 0 aliphatic heterocycles. The summed E-state index contributed by atoms with van der Waals surface area (Å²) in [5.41, 5.74) is 6.31. The number of benzene rings is 2. The fourth-order valence-electron chi connectivity index (χ4n) is 3.38. The highest BCUT2D eigenvalue weighted by molar-refractivity contribution is 5.77. The molecule has 4 N–H and O–H groups in total. The van der Waals surface area contributed by atoms with E-state index >= 15 is 0 Å². The van der Waals surface area contributed by atoms with E-state index in [0.29, 0.717) is 16.7 Å². The van der Waals surface area contributed by atoms with E-state index in [1.54, 1.807) is 36.2 Å². The molecule has 4 aromatic rings. The fourth-order valence-corrected chi connectivity index (χ4v) is 3.38. The molecule has 2 heterocycles. The first-order valence-corrected chi connectivity index (χ1v) is 9.29. The summed E-state index contributed by atoms with van der Waals surface area (Å²) in [7, 11) is 1.65. The molecule has 152 valence electrons. The average molecular weight is 404 g/mol. The van der Waals surface area contributed by atoms with Crippen LogP contribution in [0.4, 0.5) is 11.5 Å². The van der Waals surface area contributed by atoms with Crippen molar-refractivity contribution in [3.8, 4) is 0 Å². The SMILES string of the molecule is CN(Cc1nc2ccccc2c(=O)[nH]1)c1c(N)n(Cc2ccccc2)c(=O)[nH]c1=O. The van der Waals surface area contributed by atoms with Crippen LogP contribution in [-0.4, -0.2) is 26.6 Å². The van der Waals surface area contributed by atoms with Crippen LogP contribution >= 0.6 is 0 Å². The first-order valence-electron chi connectivity index (χ1n) is 9.29. The zero-order valence-electron chi connectivity index (χ0n) is 16.3. The zero-order chi connectivity index (χ0) is 21.3. The number of aromatic amines is 2. The van der Waals surface area contributed by atoms with E-state index in [4.69, 9.17) is 5.73 Å². The van der Waals surface area contributed by atoms with Gasteiger partial charge in [-0.3, -0.25) is 19.1 Å². The monoisotopic (exact) mass is 404 g/mol. The molecule has 0 saturated carbocycles. The molecule has 0 saturated heterocycles. The molecule has 0 amide bonds. The number of rotatable bonds is 5. The third-order valence-electron chi connectivity index (χ3n) is 4.83. The third-order valence-corrected chi connectivity index (χ3v) is 4.83. The minimum absolute atomic E-state index is 0.0400. The lowest BCUT2D eigenvalue weighted by molar-refractivity contribution is 0.722. The van der Waals surface area contributed by atoms with Crippen molar-refractivity contribution < 1.29 is 0 Å². The lowest BCUT2D eigenvalue weighted by atomic mass is 10.2. The normalized spacial score (nSPS) is 11.0. The number of fused-ring (bicyclic) bond motifs is 1. The van der Waals surface area contributed by atoms with E-state index in [2.05, 4.69) is 15.0 Å². The number of nitrogen functional groups attached to an aromatic ring is 1. The van der Waals surface area contributed by atoms with Gasteiger partial charge in [-0.25, -0.2) is 9.78 Å². The van der Waals surface area contributed by atoms with Crippen LogP contribution in [0.1, 0.15) is 11.4 Å². The van der Waals surface area contributed by atoms with Gasteiger partial charge in [-0.2, -0.15) is 0 Å². The van der Waals surface area contributed by atoms with Gasteiger partial charge in [0.1, 0.15) is 17.3 Å². The summed E-state index contributed by atoms with van der Waals surface area (Å²) < 4.78 is 1.30. The van der Waals surface area contributed by atoms with Crippen molar-refractivity contribution in [3.63, 3.8) is 0 Å². The van der Waals surface area contributed by atoms with E-state index in [0.717, 1.165) is 5.56 Å². The van der Waals surface area contributed by atoms with Crippen molar-refractivity contribution in [2.45, 2.75) is 13.1 Å². The second kappa shape index (κ2) is 7.70. The number of nitrogens with zero attached hydrogens (tertiary/aromatic N) is 3. The maximum atomic E-state index is 12.5. The van der Waals surface area contributed by atoms with Gasteiger partial charge < -0.3 is 15.6 Å². The number of para-hydroxylation sites is 1. The summed E-state index contributed by atoms with van der Waals surface area (Å²) in [4.78, 5) is 48.2. The van der Waals surface area contributed by atoms with Crippen LogP contribution in [0.2, 0.25) is 0 Å². The van der Waals surface area contributed by atoms with E-state index in [-0.39, 0.29) is 30.2 Å². The smallest absolute Gasteiger partial charge is 0.330 e. The molecule has 30 heavy (non-hydrogen) atoms. The highest BCUT2D eigenvalue weighted by Crippen LogP contribution is 2.18. The van der Waals surface area contributed by atoms with Crippen molar-refractivity contribution in [2.75, 3.05) is 17.7 Å². The Kier molecular flexibility index (Phi) is 4.93. The van der Waals surface area contributed by atoms with Crippen molar-refractivity contribution in [1.82, 2.24) is 19.5 Å². The minimum atomic E-state index is -0.604.